The van der Waals surface area contributed by atoms with Crippen LogP contribution in [0, 0.1) is 11.3 Å². The second kappa shape index (κ2) is 4.89. The first-order valence-corrected chi connectivity index (χ1v) is 6.36. The molecule has 0 amide bonds. The van der Waals surface area contributed by atoms with Crippen LogP contribution in [0.25, 0.3) is 0 Å². The molecule has 17 heavy (non-hydrogen) atoms. The molecule has 4 nitrogen and oxygen atoms in total. The molecule has 2 unspecified atom stereocenters. The number of aromatic nitrogens is 2. The Morgan fingerprint density at radius 2 is 2.53 bits per heavy atom. The van der Waals surface area contributed by atoms with Gasteiger partial charge in [-0.2, -0.15) is 5.26 Å². The summed E-state index contributed by atoms with van der Waals surface area (Å²) in [4.78, 5) is 4.41. The Hall–Kier alpha value is -1.34. The Bertz CT molecular complexity index is 417. The molecule has 2 atom stereocenters. The molecule has 1 aliphatic carbocycles. The van der Waals surface area contributed by atoms with Gasteiger partial charge in [-0.25, -0.2) is 4.98 Å². The highest BCUT2D eigenvalue weighted by Gasteiger charge is 2.39. The summed E-state index contributed by atoms with van der Waals surface area (Å²) in [7, 11) is 1.88. The zero-order valence-electron chi connectivity index (χ0n) is 10.6. The average Bonchev–Trinajstić information content (AvgIpc) is 2.96. The van der Waals surface area contributed by atoms with Crippen LogP contribution in [-0.4, -0.2) is 22.1 Å². The molecule has 2 rings (SSSR count). The maximum atomic E-state index is 9.27. The standard InChI is InChI=1S/C13H20N4/c1-3-4-12-16-7-8-17(12)11-5-6-13(9-11,10-14)15-2/h7-8,11,15H,3-6,9H2,1-2H3. The summed E-state index contributed by atoms with van der Waals surface area (Å²) in [6.45, 7) is 2.17. The summed E-state index contributed by atoms with van der Waals surface area (Å²) in [5.41, 5.74) is -0.335. The lowest BCUT2D eigenvalue weighted by Gasteiger charge is -2.21. The molecule has 0 aliphatic heterocycles. The van der Waals surface area contributed by atoms with E-state index in [1.807, 2.05) is 13.2 Å². The van der Waals surface area contributed by atoms with E-state index in [2.05, 4.69) is 34.1 Å². The van der Waals surface area contributed by atoms with E-state index in [0.717, 1.165) is 37.9 Å². The summed E-state index contributed by atoms with van der Waals surface area (Å²) in [6.07, 6.45) is 8.92. The lowest BCUT2D eigenvalue weighted by molar-refractivity contribution is 0.423. The van der Waals surface area contributed by atoms with Gasteiger partial charge in [0, 0.05) is 24.9 Å². The number of rotatable bonds is 4. The van der Waals surface area contributed by atoms with Gasteiger partial charge in [0.2, 0.25) is 0 Å². The van der Waals surface area contributed by atoms with Gasteiger partial charge in [0.1, 0.15) is 11.4 Å². The molecule has 1 fully saturated rings. The van der Waals surface area contributed by atoms with E-state index in [-0.39, 0.29) is 5.54 Å². The van der Waals surface area contributed by atoms with Crippen LogP contribution in [0.5, 0.6) is 0 Å². The average molecular weight is 232 g/mol. The smallest absolute Gasteiger partial charge is 0.108 e. The normalized spacial score (nSPS) is 28.2. The van der Waals surface area contributed by atoms with Crippen molar-refractivity contribution in [2.75, 3.05) is 7.05 Å². The molecule has 0 aromatic carbocycles. The third-order valence-corrected chi connectivity index (χ3v) is 3.80. The molecule has 0 saturated heterocycles. The SMILES string of the molecule is CCCc1nccn1C1CCC(C#N)(NC)C1. The second-order valence-corrected chi connectivity index (χ2v) is 4.84. The van der Waals surface area contributed by atoms with Gasteiger partial charge in [-0.05, 0) is 32.7 Å². The minimum absolute atomic E-state index is 0.335. The van der Waals surface area contributed by atoms with E-state index in [1.165, 1.54) is 0 Å². The lowest BCUT2D eigenvalue weighted by atomic mass is 10.00. The highest BCUT2D eigenvalue weighted by molar-refractivity contribution is 5.13. The van der Waals surface area contributed by atoms with E-state index in [0.29, 0.717) is 6.04 Å². The third-order valence-electron chi connectivity index (χ3n) is 3.80. The predicted octanol–water partition coefficient (Wildman–Crippen LogP) is 2.04. The first kappa shape index (κ1) is 12.1. The summed E-state index contributed by atoms with van der Waals surface area (Å²) in [5.74, 6) is 1.15. The predicted molar refractivity (Wildman–Crippen MR) is 66.5 cm³/mol. The van der Waals surface area contributed by atoms with Gasteiger partial charge in [-0.3, -0.25) is 0 Å². The summed E-state index contributed by atoms with van der Waals surface area (Å²) in [5, 5.41) is 12.4. The summed E-state index contributed by atoms with van der Waals surface area (Å²) in [6, 6.07) is 2.85. The largest absolute Gasteiger partial charge is 0.332 e. The zero-order chi connectivity index (χ0) is 12.3. The third kappa shape index (κ3) is 2.20. The first-order valence-electron chi connectivity index (χ1n) is 6.36. The van der Waals surface area contributed by atoms with Crippen molar-refractivity contribution in [3.05, 3.63) is 18.2 Å². The van der Waals surface area contributed by atoms with Crippen LogP contribution in [0.2, 0.25) is 0 Å². The molecule has 1 N–H and O–H groups in total. The molecule has 1 aromatic rings. The van der Waals surface area contributed by atoms with Gasteiger partial charge in [-0.15, -0.1) is 0 Å². The van der Waals surface area contributed by atoms with Crippen molar-refractivity contribution in [1.29, 1.82) is 5.26 Å². The fourth-order valence-corrected chi connectivity index (χ4v) is 2.73. The Balaban J connectivity index is 2.15. The van der Waals surface area contributed by atoms with E-state index in [4.69, 9.17) is 0 Å². The number of hydrogen-bond donors (Lipinski definition) is 1. The van der Waals surface area contributed by atoms with Gasteiger partial charge in [0.05, 0.1) is 6.07 Å². The molecule has 1 saturated carbocycles. The lowest BCUT2D eigenvalue weighted by Crippen LogP contribution is -2.38. The van der Waals surface area contributed by atoms with Crippen molar-refractivity contribution in [2.24, 2.45) is 0 Å². The van der Waals surface area contributed by atoms with Crippen molar-refractivity contribution in [3.63, 3.8) is 0 Å². The van der Waals surface area contributed by atoms with Gasteiger partial charge in [0.15, 0.2) is 0 Å². The molecule has 92 valence electrons. The molecule has 0 bridgehead atoms. The van der Waals surface area contributed by atoms with Crippen LogP contribution >= 0.6 is 0 Å². The Kier molecular flexibility index (Phi) is 3.49. The zero-order valence-corrected chi connectivity index (χ0v) is 10.6. The molecular weight excluding hydrogens is 212 g/mol. The molecule has 0 spiro atoms. The fourth-order valence-electron chi connectivity index (χ4n) is 2.73. The number of nitriles is 1. The van der Waals surface area contributed by atoms with Crippen molar-refractivity contribution in [1.82, 2.24) is 14.9 Å². The van der Waals surface area contributed by atoms with Crippen molar-refractivity contribution in [2.45, 2.75) is 50.6 Å². The maximum Gasteiger partial charge on any atom is 0.108 e. The molecule has 1 aromatic heterocycles. The molecule has 1 heterocycles. The van der Waals surface area contributed by atoms with E-state index < -0.39 is 0 Å². The van der Waals surface area contributed by atoms with Crippen LogP contribution in [0.3, 0.4) is 0 Å². The summed E-state index contributed by atoms with van der Waals surface area (Å²) >= 11 is 0. The van der Waals surface area contributed by atoms with Crippen LogP contribution in [0.1, 0.15) is 44.5 Å². The van der Waals surface area contributed by atoms with Gasteiger partial charge < -0.3 is 9.88 Å². The highest BCUT2D eigenvalue weighted by Crippen LogP contribution is 2.37. The van der Waals surface area contributed by atoms with Gasteiger partial charge >= 0.3 is 0 Å². The van der Waals surface area contributed by atoms with E-state index in [1.54, 1.807) is 0 Å². The van der Waals surface area contributed by atoms with Gasteiger partial charge in [0.25, 0.3) is 0 Å². The van der Waals surface area contributed by atoms with Crippen LogP contribution in [0.15, 0.2) is 12.4 Å². The van der Waals surface area contributed by atoms with Crippen LogP contribution in [0.4, 0.5) is 0 Å². The van der Waals surface area contributed by atoms with Crippen LogP contribution in [-0.2, 0) is 6.42 Å². The molecule has 4 heteroatoms. The number of aryl methyl sites for hydroxylation is 1. The van der Waals surface area contributed by atoms with E-state index >= 15 is 0 Å². The topological polar surface area (TPSA) is 53.6 Å². The molecule has 0 radical (unpaired) electrons. The fraction of sp³-hybridized carbons (Fsp3) is 0.692. The monoisotopic (exact) mass is 232 g/mol. The first-order chi connectivity index (χ1) is 8.24. The number of nitrogens with one attached hydrogen (secondary N) is 1. The highest BCUT2D eigenvalue weighted by atomic mass is 15.1. The van der Waals surface area contributed by atoms with Crippen LogP contribution < -0.4 is 5.32 Å². The number of imidazole rings is 1. The van der Waals surface area contributed by atoms with Gasteiger partial charge in [-0.1, -0.05) is 6.92 Å². The quantitative estimate of drug-likeness (QED) is 0.864. The minimum Gasteiger partial charge on any atom is -0.332 e. The Labute approximate surface area is 103 Å². The number of nitrogens with zero attached hydrogens (tertiary/aromatic N) is 3. The summed E-state index contributed by atoms with van der Waals surface area (Å²) < 4.78 is 2.26. The van der Waals surface area contributed by atoms with Crippen molar-refractivity contribution in [3.8, 4) is 6.07 Å². The Morgan fingerprint density at radius 1 is 1.71 bits per heavy atom. The molecular formula is C13H20N4. The molecule has 1 aliphatic rings. The van der Waals surface area contributed by atoms with Crippen molar-refractivity contribution >= 4 is 0 Å². The second-order valence-electron chi connectivity index (χ2n) is 4.84. The van der Waals surface area contributed by atoms with Crippen molar-refractivity contribution < 1.29 is 0 Å². The number of hydrogen-bond acceptors (Lipinski definition) is 3. The minimum atomic E-state index is -0.335. The Morgan fingerprint density at radius 3 is 3.12 bits per heavy atom. The van der Waals surface area contributed by atoms with E-state index in [9.17, 15) is 5.26 Å². The maximum absolute atomic E-state index is 9.27.